The number of esters is 1. The minimum absolute atomic E-state index is 0.175. The zero-order valence-corrected chi connectivity index (χ0v) is 10.8. The molecule has 0 bridgehead atoms. The molecule has 1 aromatic heterocycles. The van der Waals surface area contributed by atoms with Crippen LogP contribution in [0.25, 0.3) is 0 Å². The third-order valence-corrected chi connectivity index (χ3v) is 2.28. The van der Waals surface area contributed by atoms with E-state index in [4.69, 9.17) is 4.74 Å². The third kappa shape index (κ3) is 4.01. The summed E-state index contributed by atoms with van der Waals surface area (Å²) < 4.78 is 4.95. The Labute approximate surface area is 102 Å². The second-order valence-corrected chi connectivity index (χ2v) is 3.99. The SMILES string of the molecule is CCOC(=O)CN(c1ccnc(C)n1)C(C)C. The van der Waals surface area contributed by atoms with Crippen LogP contribution in [0, 0.1) is 6.92 Å². The number of carbonyl (C=O) groups is 1. The topological polar surface area (TPSA) is 55.3 Å². The number of nitrogens with zero attached hydrogens (tertiary/aromatic N) is 3. The van der Waals surface area contributed by atoms with Crippen LogP contribution >= 0.6 is 0 Å². The highest BCUT2D eigenvalue weighted by atomic mass is 16.5. The molecule has 1 heterocycles. The lowest BCUT2D eigenvalue weighted by Gasteiger charge is -2.26. The van der Waals surface area contributed by atoms with Gasteiger partial charge in [-0.25, -0.2) is 9.97 Å². The summed E-state index contributed by atoms with van der Waals surface area (Å²) in [5.41, 5.74) is 0. The van der Waals surface area contributed by atoms with Crippen LogP contribution in [-0.2, 0) is 9.53 Å². The molecule has 0 N–H and O–H groups in total. The highest BCUT2D eigenvalue weighted by molar-refractivity contribution is 5.75. The van der Waals surface area contributed by atoms with Crippen molar-refractivity contribution in [1.29, 1.82) is 0 Å². The van der Waals surface area contributed by atoms with Gasteiger partial charge < -0.3 is 9.64 Å². The van der Waals surface area contributed by atoms with Gasteiger partial charge in [-0.1, -0.05) is 0 Å². The van der Waals surface area contributed by atoms with E-state index in [9.17, 15) is 4.79 Å². The van der Waals surface area contributed by atoms with Gasteiger partial charge in [-0.3, -0.25) is 4.79 Å². The van der Waals surface area contributed by atoms with Crippen LogP contribution in [0.3, 0.4) is 0 Å². The molecule has 1 rings (SSSR count). The Morgan fingerprint density at radius 2 is 2.24 bits per heavy atom. The van der Waals surface area contributed by atoms with Gasteiger partial charge in [-0.2, -0.15) is 0 Å². The molecule has 0 unspecified atom stereocenters. The summed E-state index contributed by atoms with van der Waals surface area (Å²) in [5, 5.41) is 0. The largest absolute Gasteiger partial charge is 0.465 e. The van der Waals surface area contributed by atoms with Crippen LogP contribution in [-0.4, -0.2) is 35.1 Å². The summed E-state index contributed by atoms with van der Waals surface area (Å²) in [4.78, 5) is 21.8. The Balaban J connectivity index is 2.82. The minimum atomic E-state index is -0.238. The fourth-order valence-corrected chi connectivity index (χ4v) is 1.48. The van der Waals surface area contributed by atoms with Crippen LogP contribution < -0.4 is 4.90 Å². The normalized spacial score (nSPS) is 10.4. The van der Waals surface area contributed by atoms with E-state index >= 15 is 0 Å². The molecule has 1 aromatic rings. The Morgan fingerprint density at radius 1 is 1.53 bits per heavy atom. The first-order chi connectivity index (χ1) is 8.04. The molecule has 0 aliphatic heterocycles. The monoisotopic (exact) mass is 237 g/mol. The Kier molecular flexibility index (Phi) is 4.87. The number of ether oxygens (including phenoxy) is 1. The van der Waals surface area contributed by atoms with Gasteiger partial charge in [0.25, 0.3) is 0 Å². The number of rotatable bonds is 5. The van der Waals surface area contributed by atoms with Crippen LogP contribution in [0.2, 0.25) is 0 Å². The summed E-state index contributed by atoms with van der Waals surface area (Å²) >= 11 is 0. The van der Waals surface area contributed by atoms with Crippen LogP contribution in [0.15, 0.2) is 12.3 Å². The highest BCUT2D eigenvalue weighted by Crippen LogP contribution is 2.13. The summed E-state index contributed by atoms with van der Waals surface area (Å²) in [5.74, 6) is 1.20. The molecular weight excluding hydrogens is 218 g/mol. The Morgan fingerprint density at radius 3 is 2.76 bits per heavy atom. The lowest BCUT2D eigenvalue weighted by molar-refractivity contribution is -0.141. The smallest absolute Gasteiger partial charge is 0.325 e. The average molecular weight is 237 g/mol. The maximum Gasteiger partial charge on any atom is 0.325 e. The van der Waals surface area contributed by atoms with E-state index in [1.54, 1.807) is 19.2 Å². The molecule has 17 heavy (non-hydrogen) atoms. The van der Waals surface area contributed by atoms with Crippen molar-refractivity contribution in [3.8, 4) is 0 Å². The lowest BCUT2D eigenvalue weighted by atomic mass is 10.3. The molecule has 0 spiro atoms. The van der Waals surface area contributed by atoms with Crippen molar-refractivity contribution in [1.82, 2.24) is 9.97 Å². The fraction of sp³-hybridized carbons (Fsp3) is 0.583. The molecule has 0 aliphatic rings. The Bertz CT molecular complexity index is 380. The van der Waals surface area contributed by atoms with Crippen LogP contribution in [0.4, 0.5) is 5.82 Å². The first-order valence-electron chi connectivity index (χ1n) is 5.76. The summed E-state index contributed by atoms with van der Waals surface area (Å²) in [6.45, 7) is 8.25. The molecule has 0 radical (unpaired) electrons. The molecule has 5 heteroatoms. The van der Waals surface area contributed by atoms with Crippen LogP contribution in [0.5, 0.6) is 0 Å². The van der Waals surface area contributed by atoms with E-state index < -0.39 is 0 Å². The predicted octanol–water partition coefficient (Wildman–Crippen LogP) is 1.56. The standard InChI is InChI=1S/C12H19N3O2/c1-5-17-12(16)8-15(9(2)3)11-6-7-13-10(4)14-11/h6-7,9H,5,8H2,1-4H3. The first kappa shape index (κ1) is 13.4. The number of aromatic nitrogens is 2. The van der Waals surface area contributed by atoms with Gasteiger partial charge >= 0.3 is 5.97 Å². The van der Waals surface area contributed by atoms with Gasteiger partial charge in [0.05, 0.1) is 6.61 Å². The molecule has 0 saturated heterocycles. The third-order valence-electron chi connectivity index (χ3n) is 2.28. The first-order valence-corrected chi connectivity index (χ1v) is 5.76. The number of aryl methyl sites for hydroxylation is 1. The second kappa shape index (κ2) is 6.18. The molecule has 0 saturated carbocycles. The van der Waals surface area contributed by atoms with E-state index in [1.165, 1.54) is 0 Å². The van der Waals surface area contributed by atoms with E-state index in [0.717, 1.165) is 5.82 Å². The van der Waals surface area contributed by atoms with Gasteiger partial charge in [0, 0.05) is 12.2 Å². The van der Waals surface area contributed by atoms with Crippen LogP contribution in [0.1, 0.15) is 26.6 Å². The molecule has 5 nitrogen and oxygen atoms in total. The summed E-state index contributed by atoms with van der Waals surface area (Å²) in [7, 11) is 0. The molecule has 94 valence electrons. The van der Waals surface area contributed by atoms with Crippen molar-refractivity contribution >= 4 is 11.8 Å². The minimum Gasteiger partial charge on any atom is -0.465 e. The molecule has 0 fully saturated rings. The number of hydrogen-bond acceptors (Lipinski definition) is 5. The molecular formula is C12H19N3O2. The fourth-order valence-electron chi connectivity index (χ4n) is 1.48. The van der Waals surface area contributed by atoms with E-state index in [2.05, 4.69) is 9.97 Å². The van der Waals surface area contributed by atoms with E-state index in [0.29, 0.717) is 12.4 Å². The van der Waals surface area contributed by atoms with Crippen molar-refractivity contribution in [2.45, 2.75) is 33.7 Å². The average Bonchev–Trinajstić information content (AvgIpc) is 2.26. The molecule has 0 aromatic carbocycles. The summed E-state index contributed by atoms with van der Waals surface area (Å²) in [6.07, 6.45) is 1.69. The Hall–Kier alpha value is -1.65. The number of hydrogen-bond donors (Lipinski definition) is 0. The maximum atomic E-state index is 11.5. The summed E-state index contributed by atoms with van der Waals surface area (Å²) in [6, 6.07) is 1.97. The van der Waals surface area contributed by atoms with Crippen molar-refractivity contribution in [2.24, 2.45) is 0 Å². The zero-order chi connectivity index (χ0) is 12.8. The van der Waals surface area contributed by atoms with E-state index in [-0.39, 0.29) is 18.6 Å². The molecule has 0 aliphatic carbocycles. The number of carbonyl (C=O) groups excluding carboxylic acids is 1. The number of anilines is 1. The quantitative estimate of drug-likeness (QED) is 0.727. The van der Waals surface area contributed by atoms with Gasteiger partial charge in [0.2, 0.25) is 0 Å². The lowest BCUT2D eigenvalue weighted by Crippen LogP contribution is -2.37. The van der Waals surface area contributed by atoms with Crippen molar-refractivity contribution in [2.75, 3.05) is 18.1 Å². The maximum absolute atomic E-state index is 11.5. The predicted molar refractivity (Wildman–Crippen MR) is 65.9 cm³/mol. The highest BCUT2D eigenvalue weighted by Gasteiger charge is 2.16. The van der Waals surface area contributed by atoms with Gasteiger partial charge in [0.1, 0.15) is 18.2 Å². The van der Waals surface area contributed by atoms with Crippen molar-refractivity contribution < 1.29 is 9.53 Å². The van der Waals surface area contributed by atoms with Gasteiger partial charge in [-0.15, -0.1) is 0 Å². The van der Waals surface area contributed by atoms with Gasteiger partial charge in [-0.05, 0) is 33.8 Å². The molecule has 0 amide bonds. The van der Waals surface area contributed by atoms with E-state index in [1.807, 2.05) is 25.7 Å². The van der Waals surface area contributed by atoms with Gasteiger partial charge in [0.15, 0.2) is 0 Å². The zero-order valence-electron chi connectivity index (χ0n) is 10.8. The van der Waals surface area contributed by atoms with Crippen molar-refractivity contribution in [3.05, 3.63) is 18.1 Å². The van der Waals surface area contributed by atoms with Crippen molar-refractivity contribution in [3.63, 3.8) is 0 Å². The molecule has 0 atom stereocenters. The second-order valence-electron chi connectivity index (χ2n) is 3.99.